The van der Waals surface area contributed by atoms with Gasteiger partial charge in [-0.3, -0.25) is 14.5 Å². The molecule has 0 radical (unpaired) electrons. The molecule has 2 aliphatic heterocycles. The highest BCUT2D eigenvalue weighted by molar-refractivity contribution is 7.09. The number of benzene rings is 2. The van der Waals surface area contributed by atoms with Gasteiger partial charge in [0.2, 0.25) is 0 Å². The van der Waals surface area contributed by atoms with E-state index in [1.54, 1.807) is 17.4 Å². The second-order valence-corrected chi connectivity index (χ2v) is 11.2. The summed E-state index contributed by atoms with van der Waals surface area (Å²) in [5.41, 5.74) is 3.28. The number of ether oxygens (including phenoxy) is 2. The molecule has 0 spiro atoms. The van der Waals surface area contributed by atoms with Crippen LogP contribution in [-0.2, 0) is 16.8 Å². The molecule has 0 atom stereocenters. The average Bonchev–Trinajstić information content (AvgIpc) is 3.38. The third kappa shape index (κ3) is 5.13. The van der Waals surface area contributed by atoms with Crippen LogP contribution in [0.1, 0.15) is 41.8 Å². The number of para-hydroxylation sites is 2. The van der Waals surface area contributed by atoms with Gasteiger partial charge in [0.15, 0.2) is 6.61 Å². The lowest BCUT2D eigenvalue weighted by atomic mass is 9.86. The molecular weight excluding hydrogens is 488 g/mol. The Morgan fingerprint density at radius 2 is 1.84 bits per heavy atom. The number of methoxy groups -OCH3 is 1. The maximum atomic E-state index is 13.2. The van der Waals surface area contributed by atoms with Gasteiger partial charge in [0.05, 0.1) is 25.0 Å². The summed E-state index contributed by atoms with van der Waals surface area (Å²) >= 11 is 1.40. The molecule has 5 rings (SSSR count). The topological polar surface area (TPSA) is 75.2 Å². The van der Waals surface area contributed by atoms with Gasteiger partial charge in [0.1, 0.15) is 22.2 Å². The molecule has 3 aromatic rings. The Hall–Kier alpha value is -3.59. The third-order valence-corrected chi connectivity index (χ3v) is 7.66. The van der Waals surface area contributed by atoms with Gasteiger partial charge < -0.3 is 19.3 Å². The highest BCUT2D eigenvalue weighted by atomic mass is 32.1. The summed E-state index contributed by atoms with van der Waals surface area (Å²) < 4.78 is 11.2. The van der Waals surface area contributed by atoms with Gasteiger partial charge in [0, 0.05) is 31.6 Å². The van der Waals surface area contributed by atoms with Crippen LogP contribution in [0.2, 0.25) is 0 Å². The highest BCUT2D eigenvalue weighted by Crippen LogP contribution is 2.37. The summed E-state index contributed by atoms with van der Waals surface area (Å²) in [6, 6.07) is 13.9. The van der Waals surface area contributed by atoms with E-state index >= 15 is 0 Å². The molecule has 0 aliphatic carbocycles. The van der Waals surface area contributed by atoms with E-state index in [0.29, 0.717) is 31.1 Å². The number of amides is 2. The molecule has 0 bridgehead atoms. The van der Waals surface area contributed by atoms with Crippen molar-refractivity contribution in [2.45, 2.75) is 32.7 Å². The SMILES string of the molecule is COc1ccccc1N1CCN(C(=O)c2csc(CN3C(=O)COc4ccc(C(C)(C)C)cc43)n2)CC1. The summed E-state index contributed by atoms with van der Waals surface area (Å²) in [6.45, 7) is 9.37. The zero-order valence-electron chi connectivity index (χ0n) is 21.7. The van der Waals surface area contributed by atoms with E-state index in [1.165, 1.54) is 11.3 Å². The van der Waals surface area contributed by atoms with Gasteiger partial charge in [-0.25, -0.2) is 4.98 Å². The second-order valence-electron chi connectivity index (χ2n) is 10.3. The summed E-state index contributed by atoms with van der Waals surface area (Å²) in [5.74, 6) is 1.33. The molecule has 1 aromatic heterocycles. The first-order chi connectivity index (χ1) is 17.7. The quantitative estimate of drug-likeness (QED) is 0.498. The molecule has 0 saturated carbocycles. The Morgan fingerprint density at radius 3 is 2.57 bits per heavy atom. The van der Waals surface area contributed by atoms with E-state index in [0.717, 1.165) is 40.8 Å². The molecule has 0 N–H and O–H groups in total. The van der Waals surface area contributed by atoms with Crippen molar-refractivity contribution >= 4 is 34.5 Å². The summed E-state index contributed by atoms with van der Waals surface area (Å²) in [5, 5.41) is 2.51. The van der Waals surface area contributed by atoms with Gasteiger partial charge in [-0.05, 0) is 35.2 Å². The van der Waals surface area contributed by atoms with Crippen molar-refractivity contribution in [2.24, 2.45) is 0 Å². The summed E-state index contributed by atoms with van der Waals surface area (Å²) in [4.78, 5) is 36.4. The van der Waals surface area contributed by atoms with Crippen LogP contribution in [-0.4, -0.2) is 61.6 Å². The Balaban J connectivity index is 1.27. The number of nitrogens with zero attached hydrogens (tertiary/aromatic N) is 4. The standard InChI is InChI=1S/C28H32N4O4S/c1-28(2,3)19-9-10-24-22(15-19)32(26(33)17-36-24)16-25-29-20(18-37-25)27(34)31-13-11-30(12-14-31)21-7-5-6-8-23(21)35-4/h5-10,15,18H,11-14,16-17H2,1-4H3. The first kappa shape index (κ1) is 25.1. The number of aromatic nitrogens is 1. The van der Waals surface area contributed by atoms with Gasteiger partial charge in [0.25, 0.3) is 11.8 Å². The van der Waals surface area contributed by atoms with E-state index in [4.69, 9.17) is 9.47 Å². The van der Waals surface area contributed by atoms with Crippen LogP contribution >= 0.6 is 11.3 Å². The van der Waals surface area contributed by atoms with Crippen LogP contribution in [0.15, 0.2) is 47.8 Å². The minimum atomic E-state index is -0.117. The Labute approximate surface area is 221 Å². The number of carbonyl (C=O) groups excluding carboxylic acids is 2. The fourth-order valence-corrected chi connectivity index (χ4v) is 5.42. The van der Waals surface area contributed by atoms with Crippen LogP contribution in [0.3, 0.4) is 0 Å². The molecule has 0 unspecified atom stereocenters. The van der Waals surface area contributed by atoms with Crippen molar-refractivity contribution in [1.82, 2.24) is 9.88 Å². The highest BCUT2D eigenvalue weighted by Gasteiger charge is 2.30. The van der Waals surface area contributed by atoms with Crippen LogP contribution in [0.4, 0.5) is 11.4 Å². The predicted molar refractivity (Wildman–Crippen MR) is 145 cm³/mol. The number of piperazine rings is 1. The first-order valence-electron chi connectivity index (χ1n) is 12.4. The van der Waals surface area contributed by atoms with Crippen molar-refractivity contribution < 1.29 is 19.1 Å². The van der Waals surface area contributed by atoms with Gasteiger partial charge in [-0.2, -0.15) is 0 Å². The largest absolute Gasteiger partial charge is 0.495 e. The zero-order chi connectivity index (χ0) is 26.2. The third-order valence-electron chi connectivity index (χ3n) is 6.82. The lowest BCUT2D eigenvalue weighted by Gasteiger charge is -2.36. The Morgan fingerprint density at radius 1 is 1.08 bits per heavy atom. The monoisotopic (exact) mass is 520 g/mol. The van der Waals surface area contributed by atoms with E-state index < -0.39 is 0 Å². The Bertz CT molecular complexity index is 1310. The molecule has 1 saturated heterocycles. The summed E-state index contributed by atoms with van der Waals surface area (Å²) in [6.07, 6.45) is 0. The summed E-state index contributed by atoms with van der Waals surface area (Å²) in [7, 11) is 1.67. The lowest BCUT2D eigenvalue weighted by Crippen LogP contribution is -2.49. The van der Waals surface area contributed by atoms with Crippen LogP contribution in [0.5, 0.6) is 11.5 Å². The number of hydrogen-bond acceptors (Lipinski definition) is 7. The Kier molecular flexibility index (Phi) is 6.81. The molecule has 2 aromatic carbocycles. The van der Waals surface area contributed by atoms with Crippen LogP contribution in [0.25, 0.3) is 0 Å². The number of hydrogen-bond donors (Lipinski definition) is 0. The van der Waals surface area contributed by atoms with Crippen molar-refractivity contribution in [1.29, 1.82) is 0 Å². The van der Waals surface area contributed by atoms with E-state index in [9.17, 15) is 9.59 Å². The molecule has 194 valence electrons. The van der Waals surface area contributed by atoms with Gasteiger partial charge in [-0.15, -0.1) is 11.3 Å². The molecule has 37 heavy (non-hydrogen) atoms. The maximum Gasteiger partial charge on any atom is 0.273 e. The first-order valence-corrected chi connectivity index (χ1v) is 13.3. The second kappa shape index (κ2) is 10.0. The van der Waals surface area contributed by atoms with Crippen molar-refractivity contribution in [3.8, 4) is 11.5 Å². The normalized spacial score (nSPS) is 15.9. The van der Waals surface area contributed by atoms with E-state index in [2.05, 4.69) is 30.7 Å². The predicted octanol–water partition coefficient (Wildman–Crippen LogP) is 4.34. The number of thiazole rings is 1. The molecule has 8 nitrogen and oxygen atoms in total. The van der Waals surface area contributed by atoms with Gasteiger partial charge in [-0.1, -0.05) is 39.0 Å². The zero-order valence-corrected chi connectivity index (χ0v) is 22.5. The van der Waals surface area contributed by atoms with Gasteiger partial charge >= 0.3 is 0 Å². The average molecular weight is 521 g/mol. The molecule has 2 amide bonds. The number of carbonyl (C=O) groups is 2. The molecule has 3 heterocycles. The lowest BCUT2D eigenvalue weighted by molar-refractivity contribution is -0.121. The van der Waals surface area contributed by atoms with Crippen LogP contribution in [0, 0.1) is 0 Å². The molecular formula is C28H32N4O4S. The van der Waals surface area contributed by atoms with Crippen LogP contribution < -0.4 is 19.3 Å². The fraction of sp³-hybridized carbons (Fsp3) is 0.393. The smallest absolute Gasteiger partial charge is 0.273 e. The number of anilines is 2. The molecule has 1 fully saturated rings. The van der Waals surface area contributed by atoms with E-state index in [1.807, 2.05) is 47.4 Å². The molecule has 2 aliphatic rings. The van der Waals surface area contributed by atoms with Crippen molar-refractivity contribution in [3.05, 3.63) is 64.1 Å². The number of rotatable bonds is 5. The minimum Gasteiger partial charge on any atom is -0.495 e. The maximum absolute atomic E-state index is 13.2. The van der Waals surface area contributed by atoms with Crippen molar-refractivity contribution in [2.75, 3.05) is 49.7 Å². The van der Waals surface area contributed by atoms with Crippen molar-refractivity contribution in [3.63, 3.8) is 0 Å². The van der Waals surface area contributed by atoms with E-state index in [-0.39, 0.29) is 23.8 Å². The fourth-order valence-electron chi connectivity index (χ4n) is 4.66. The number of fused-ring (bicyclic) bond motifs is 1. The molecule has 9 heteroatoms. The minimum absolute atomic E-state index is 0.00446.